The van der Waals surface area contributed by atoms with E-state index in [4.69, 9.17) is 0 Å². The summed E-state index contributed by atoms with van der Waals surface area (Å²) in [6, 6.07) is 0. The molecule has 0 bridgehead atoms. The van der Waals surface area contributed by atoms with Gasteiger partial charge >= 0.3 is 11.7 Å². The Labute approximate surface area is 138 Å². The van der Waals surface area contributed by atoms with Crippen LogP contribution in [0.5, 0.6) is 0 Å². The molecule has 0 amide bonds. The van der Waals surface area contributed by atoms with Gasteiger partial charge in [0.25, 0.3) is 5.56 Å². The van der Waals surface area contributed by atoms with E-state index in [0.29, 0.717) is 42.9 Å². The van der Waals surface area contributed by atoms with Crippen LogP contribution in [0.1, 0.15) is 51.3 Å². The second-order valence-corrected chi connectivity index (χ2v) is 6.34. The van der Waals surface area contributed by atoms with Gasteiger partial charge in [-0.15, -0.1) is 0 Å². The molecule has 3 rings (SSSR count). The normalized spacial score (nSPS) is 20.2. The summed E-state index contributed by atoms with van der Waals surface area (Å²) >= 11 is 0. The first-order valence-electron chi connectivity index (χ1n) is 8.45. The van der Waals surface area contributed by atoms with Crippen LogP contribution < -0.4 is 11.2 Å². The quantitative estimate of drug-likeness (QED) is 0.827. The fraction of sp³-hybridized carbons (Fsp3) is 0.625. The van der Waals surface area contributed by atoms with Gasteiger partial charge in [0.1, 0.15) is 11.3 Å². The van der Waals surface area contributed by atoms with Crippen molar-refractivity contribution in [2.75, 3.05) is 0 Å². The number of carboxylic acid groups (broad SMARTS) is 1. The summed E-state index contributed by atoms with van der Waals surface area (Å²) < 4.78 is 2.75. The van der Waals surface area contributed by atoms with E-state index in [1.165, 1.54) is 9.13 Å². The average molecular weight is 334 g/mol. The van der Waals surface area contributed by atoms with Crippen LogP contribution >= 0.6 is 0 Å². The van der Waals surface area contributed by atoms with Crippen molar-refractivity contribution < 1.29 is 9.90 Å². The molecule has 1 aliphatic carbocycles. The minimum absolute atomic E-state index is 0.223. The van der Waals surface area contributed by atoms with Gasteiger partial charge in [0, 0.05) is 19.0 Å². The molecule has 2 aromatic rings. The Balaban J connectivity index is 2.19. The van der Waals surface area contributed by atoms with Crippen LogP contribution in [0.4, 0.5) is 0 Å². The van der Waals surface area contributed by atoms with Crippen molar-refractivity contribution in [3.05, 3.63) is 26.7 Å². The van der Waals surface area contributed by atoms with Crippen LogP contribution in [0.3, 0.4) is 0 Å². The van der Waals surface area contributed by atoms with Crippen LogP contribution in [0.15, 0.2) is 9.59 Å². The third kappa shape index (κ3) is 2.46. The van der Waals surface area contributed by atoms with Gasteiger partial charge in [-0.25, -0.2) is 9.78 Å². The van der Waals surface area contributed by atoms with Gasteiger partial charge in [-0.3, -0.25) is 18.7 Å². The van der Waals surface area contributed by atoms with Gasteiger partial charge in [0.05, 0.1) is 5.92 Å². The second-order valence-electron chi connectivity index (χ2n) is 6.34. The minimum Gasteiger partial charge on any atom is -0.481 e. The number of imidazole rings is 1. The molecule has 2 heterocycles. The molecule has 1 aliphatic rings. The molecule has 2 N–H and O–H groups in total. The number of aromatic amines is 1. The smallest absolute Gasteiger partial charge is 0.332 e. The van der Waals surface area contributed by atoms with Gasteiger partial charge in [-0.1, -0.05) is 13.8 Å². The molecular weight excluding hydrogens is 312 g/mol. The van der Waals surface area contributed by atoms with Crippen molar-refractivity contribution in [3.63, 3.8) is 0 Å². The topological polar surface area (TPSA) is 110 Å². The van der Waals surface area contributed by atoms with Crippen LogP contribution in [-0.4, -0.2) is 30.2 Å². The third-order valence-corrected chi connectivity index (χ3v) is 4.72. The van der Waals surface area contributed by atoms with E-state index in [9.17, 15) is 19.5 Å². The number of aromatic nitrogens is 4. The highest BCUT2D eigenvalue weighted by atomic mass is 16.4. The first-order chi connectivity index (χ1) is 11.5. The molecule has 0 radical (unpaired) electrons. The van der Waals surface area contributed by atoms with Gasteiger partial charge in [-0.05, 0) is 25.7 Å². The number of carboxylic acids is 1. The molecule has 2 aromatic heterocycles. The predicted molar refractivity (Wildman–Crippen MR) is 88.3 cm³/mol. The van der Waals surface area contributed by atoms with Crippen LogP contribution in [0.25, 0.3) is 11.2 Å². The lowest BCUT2D eigenvalue weighted by atomic mass is 9.73. The molecule has 0 aliphatic heterocycles. The Hall–Kier alpha value is -2.38. The van der Waals surface area contributed by atoms with Gasteiger partial charge in [0.2, 0.25) is 0 Å². The number of H-pyrrole nitrogens is 1. The summed E-state index contributed by atoms with van der Waals surface area (Å²) in [7, 11) is 0. The van der Waals surface area contributed by atoms with E-state index < -0.39 is 11.9 Å². The summed E-state index contributed by atoms with van der Waals surface area (Å²) in [6.07, 6.45) is 2.75. The summed E-state index contributed by atoms with van der Waals surface area (Å²) in [5.41, 5.74) is -0.0976. The van der Waals surface area contributed by atoms with E-state index in [1.807, 2.05) is 13.8 Å². The van der Waals surface area contributed by atoms with Crippen LogP contribution in [0, 0.1) is 5.92 Å². The summed E-state index contributed by atoms with van der Waals surface area (Å²) in [5.74, 6) is -1.05. The summed E-state index contributed by atoms with van der Waals surface area (Å²) in [5, 5.41) is 9.23. The number of aliphatic carboxylic acids is 1. The number of nitrogens with one attached hydrogen (secondary N) is 1. The molecule has 2 atom stereocenters. The zero-order valence-electron chi connectivity index (χ0n) is 13.9. The average Bonchev–Trinajstić information content (AvgIpc) is 2.90. The van der Waals surface area contributed by atoms with E-state index in [0.717, 1.165) is 12.8 Å². The van der Waals surface area contributed by atoms with E-state index >= 15 is 0 Å². The second kappa shape index (κ2) is 6.26. The number of rotatable bonds is 6. The first kappa shape index (κ1) is 16.5. The van der Waals surface area contributed by atoms with E-state index in [2.05, 4.69) is 9.97 Å². The summed E-state index contributed by atoms with van der Waals surface area (Å²) in [6.45, 7) is 4.68. The Morgan fingerprint density at radius 1 is 1.21 bits per heavy atom. The highest BCUT2D eigenvalue weighted by molar-refractivity contribution is 5.74. The molecule has 1 fully saturated rings. The standard InChI is InChI=1S/C16H22N4O4/c1-3-7-19-13-11(14(21)20(8-4-2)16(19)24)17-12(18-13)9-5-6-10(9)15(22)23/h9-10H,3-8H2,1-2H3,(H,17,18)(H,22,23)/t9-,10-/m0/s1. The van der Waals surface area contributed by atoms with Gasteiger partial charge < -0.3 is 10.1 Å². The van der Waals surface area contributed by atoms with Crippen molar-refractivity contribution in [1.29, 1.82) is 0 Å². The van der Waals surface area contributed by atoms with Crippen molar-refractivity contribution in [3.8, 4) is 0 Å². The zero-order valence-corrected chi connectivity index (χ0v) is 13.9. The fourth-order valence-corrected chi connectivity index (χ4v) is 3.33. The minimum atomic E-state index is -0.846. The number of hydrogen-bond donors (Lipinski definition) is 2. The molecule has 1 saturated carbocycles. The highest BCUT2D eigenvalue weighted by Gasteiger charge is 2.39. The number of fused-ring (bicyclic) bond motifs is 1. The number of nitrogens with zero attached hydrogens (tertiary/aromatic N) is 3. The molecule has 8 heteroatoms. The maximum Gasteiger partial charge on any atom is 0.332 e. The van der Waals surface area contributed by atoms with Gasteiger partial charge in [0.15, 0.2) is 5.65 Å². The predicted octanol–water partition coefficient (Wildman–Crippen LogP) is 1.28. The maximum absolute atomic E-state index is 12.6. The summed E-state index contributed by atoms with van der Waals surface area (Å²) in [4.78, 5) is 43.9. The Morgan fingerprint density at radius 2 is 1.88 bits per heavy atom. The fourth-order valence-electron chi connectivity index (χ4n) is 3.33. The molecule has 24 heavy (non-hydrogen) atoms. The zero-order chi connectivity index (χ0) is 17.4. The number of carbonyl (C=O) groups is 1. The number of aryl methyl sites for hydroxylation is 1. The van der Waals surface area contributed by atoms with E-state index in [1.54, 1.807) is 0 Å². The molecule has 0 saturated heterocycles. The van der Waals surface area contributed by atoms with Gasteiger partial charge in [-0.2, -0.15) is 0 Å². The largest absolute Gasteiger partial charge is 0.481 e. The molecule has 0 spiro atoms. The van der Waals surface area contributed by atoms with Crippen molar-refractivity contribution in [1.82, 2.24) is 19.1 Å². The van der Waals surface area contributed by atoms with Crippen molar-refractivity contribution >= 4 is 17.1 Å². The maximum atomic E-state index is 12.6. The lowest BCUT2D eigenvalue weighted by Gasteiger charge is -2.31. The Kier molecular flexibility index (Phi) is 4.29. The van der Waals surface area contributed by atoms with Crippen molar-refractivity contribution in [2.24, 2.45) is 5.92 Å². The van der Waals surface area contributed by atoms with Crippen LogP contribution in [-0.2, 0) is 17.9 Å². The monoisotopic (exact) mass is 334 g/mol. The highest BCUT2D eigenvalue weighted by Crippen LogP contribution is 2.41. The number of hydrogen-bond acceptors (Lipinski definition) is 4. The molecule has 0 aromatic carbocycles. The Bertz CT molecular complexity index is 892. The first-order valence-corrected chi connectivity index (χ1v) is 8.45. The molecule has 130 valence electrons. The van der Waals surface area contributed by atoms with E-state index in [-0.39, 0.29) is 17.2 Å². The third-order valence-electron chi connectivity index (χ3n) is 4.72. The SMILES string of the molecule is CCCn1c(=O)c2[nH]c([C@H]3CC[C@@H]3C(=O)O)nc2n(CCC)c1=O. The van der Waals surface area contributed by atoms with Crippen molar-refractivity contribution in [2.45, 2.75) is 58.5 Å². The lowest BCUT2D eigenvalue weighted by Crippen LogP contribution is -2.40. The molecule has 0 unspecified atom stereocenters. The molecule has 8 nitrogen and oxygen atoms in total. The molecular formula is C16H22N4O4. The lowest BCUT2D eigenvalue weighted by molar-refractivity contribution is -0.145. The van der Waals surface area contributed by atoms with Crippen LogP contribution in [0.2, 0.25) is 0 Å². The Morgan fingerprint density at radius 3 is 2.42 bits per heavy atom.